The molecular weight excluding hydrogens is 416 g/mol. The van der Waals surface area contributed by atoms with E-state index in [0.717, 1.165) is 50.4 Å². The van der Waals surface area contributed by atoms with Crippen LogP contribution in [0.5, 0.6) is 0 Å². The van der Waals surface area contributed by atoms with E-state index in [2.05, 4.69) is 9.47 Å². The molecule has 3 heterocycles. The monoisotopic (exact) mass is 458 g/mol. The fourth-order valence-corrected chi connectivity index (χ4v) is 5.48. The molecule has 2 aliphatic rings. The van der Waals surface area contributed by atoms with Gasteiger partial charge in [0.25, 0.3) is 5.91 Å². The Balaban J connectivity index is 1.82. The molecule has 1 unspecified atom stereocenters. The van der Waals surface area contributed by atoms with Crippen molar-refractivity contribution in [1.82, 2.24) is 19.3 Å². The third kappa shape index (κ3) is 5.86. The smallest absolute Gasteiger partial charge is 0.259 e. The van der Waals surface area contributed by atoms with Gasteiger partial charge in [-0.1, -0.05) is 13.3 Å². The van der Waals surface area contributed by atoms with Gasteiger partial charge in [-0.05, 0) is 66.0 Å². The number of carbonyl (C=O) groups excluding carboxylic acids is 2. The minimum atomic E-state index is -0.208. The number of hydrogen-bond donors (Lipinski definition) is 0. The number of amides is 2. The molecule has 0 N–H and O–H groups in total. The standard InChI is InChI=1S/C26H42N4O3/c1-5-22-24(23(31)18-20(4)30(22)17-16-27-13-9-8-10-14-27)26(33)29-15-11-12-21(19-29)25(32)28(6-2)7-3/h18,21H,5-17,19H2,1-4H3. The molecule has 0 spiro atoms. The molecule has 2 amide bonds. The first-order chi connectivity index (χ1) is 15.9. The first-order valence-electron chi connectivity index (χ1n) is 12.9. The second-order valence-corrected chi connectivity index (χ2v) is 9.48. The predicted octanol–water partition coefficient (Wildman–Crippen LogP) is 2.93. The van der Waals surface area contributed by atoms with Crippen molar-refractivity contribution in [2.45, 2.75) is 72.8 Å². The van der Waals surface area contributed by atoms with E-state index >= 15 is 0 Å². The molecule has 0 aromatic carbocycles. The molecular formula is C26H42N4O3. The van der Waals surface area contributed by atoms with Gasteiger partial charge in [-0.3, -0.25) is 14.4 Å². The molecule has 1 atom stereocenters. The zero-order valence-electron chi connectivity index (χ0n) is 21.1. The summed E-state index contributed by atoms with van der Waals surface area (Å²) in [4.78, 5) is 45.6. The van der Waals surface area contributed by atoms with E-state index in [1.54, 1.807) is 11.0 Å². The van der Waals surface area contributed by atoms with E-state index in [1.807, 2.05) is 32.6 Å². The summed E-state index contributed by atoms with van der Waals surface area (Å²) in [6.07, 6.45) is 6.02. The lowest BCUT2D eigenvalue weighted by Gasteiger charge is -2.35. The lowest BCUT2D eigenvalue weighted by Crippen LogP contribution is -2.48. The van der Waals surface area contributed by atoms with Crippen LogP contribution in [-0.2, 0) is 17.8 Å². The summed E-state index contributed by atoms with van der Waals surface area (Å²) in [5.74, 6) is -0.267. The first-order valence-corrected chi connectivity index (χ1v) is 12.9. The summed E-state index contributed by atoms with van der Waals surface area (Å²) in [7, 11) is 0. The number of pyridine rings is 1. The molecule has 3 rings (SSSR count). The molecule has 2 saturated heterocycles. The third-order valence-corrected chi connectivity index (χ3v) is 7.40. The number of rotatable bonds is 8. The van der Waals surface area contributed by atoms with E-state index in [9.17, 15) is 14.4 Å². The van der Waals surface area contributed by atoms with Crippen molar-refractivity contribution in [3.63, 3.8) is 0 Å². The Morgan fingerprint density at radius 3 is 2.33 bits per heavy atom. The number of piperidine rings is 2. The van der Waals surface area contributed by atoms with E-state index in [-0.39, 0.29) is 23.2 Å². The van der Waals surface area contributed by atoms with Gasteiger partial charge < -0.3 is 19.3 Å². The van der Waals surface area contributed by atoms with Crippen molar-refractivity contribution in [2.24, 2.45) is 5.92 Å². The minimum Gasteiger partial charge on any atom is -0.347 e. The lowest BCUT2D eigenvalue weighted by atomic mass is 9.95. The Labute approximate surface area is 198 Å². The van der Waals surface area contributed by atoms with Gasteiger partial charge in [-0.25, -0.2) is 0 Å². The average molecular weight is 459 g/mol. The molecule has 1 aromatic rings. The summed E-state index contributed by atoms with van der Waals surface area (Å²) >= 11 is 0. The van der Waals surface area contributed by atoms with Crippen LogP contribution in [0.2, 0.25) is 0 Å². The topological polar surface area (TPSA) is 65.9 Å². The van der Waals surface area contributed by atoms with Gasteiger partial charge in [-0.15, -0.1) is 0 Å². The normalized spacial score (nSPS) is 19.5. The summed E-state index contributed by atoms with van der Waals surface area (Å²) in [6, 6.07) is 1.62. The predicted molar refractivity (Wildman–Crippen MR) is 132 cm³/mol. The highest BCUT2D eigenvalue weighted by Gasteiger charge is 2.33. The van der Waals surface area contributed by atoms with Crippen molar-refractivity contribution in [2.75, 3.05) is 45.8 Å². The average Bonchev–Trinajstić information content (AvgIpc) is 2.84. The largest absolute Gasteiger partial charge is 0.347 e. The lowest BCUT2D eigenvalue weighted by molar-refractivity contribution is -0.136. The van der Waals surface area contributed by atoms with Crippen LogP contribution in [0.25, 0.3) is 0 Å². The maximum atomic E-state index is 13.6. The van der Waals surface area contributed by atoms with Crippen LogP contribution in [0.3, 0.4) is 0 Å². The Kier molecular flexibility index (Phi) is 9.12. The molecule has 2 aliphatic heterocycles. The second kappa shape index (κ2) is 11.8. The maximum Gasteiger partial charge on any atom is 0.259 e. The van der Waals surface area contributed by atoms with Crippen molar-refractivity contribution in [3.05, 3.63) is 33.2 Å². The van der Waals surface area contributed by atoms with Gasteiger partial charge in [0, 0.05) is 56.7 Å². The number of aromatic nitrogens is 1. The third-order valence-electron chi connectivity index (χ3n) is 7.40. The number of aryl methyl sites for hydroxylation is 1. The molecule has 0 radical (unpaired) electrons. The highest BCUT2D eigenvalue weighted by molar-refractivity contribution is 5.95. The molecule has 0 bridgehead atoms. The second-order valence-electron chi connectivity index (χ2n) is 9.48. The van der Waals surface area contributed by atoms with Crippen LogP contribution in [0, 0.1) is 12.8 Å². The minimum absolute atomic E-state index is 0.121. The van der Waals surface area contributed by atoms with Crippen LogP contribution in [-0.4, -0.2) is 76.9 Å². The molecule has 0 saturated carbocycles. The van der Waals surface area contributed by atoms with Crippen molar-refractivity contribution < 1.29 is 9.59 Å². The number of nitrogens with zero attached hydrogens (tertiary/aromatic N) is 4. The highest BCUT2D eigenvalue weighted by atomic mass is 16.2. The van der Waals surface area contributed by atoms with E-state index in [1.165, 1.54) is 19.3 Å². The molecule has 2 fully saturated rings. The molecule has 184 valence electrons. The van der Waals surface area contributed by atoms with Gasteiger partial charge in [0.05, 0.1) is 5.92 Å². The van der Waals surface area contributed by atoms with Gasteiger partial charge in [-0.2, -0.15) is 0 Å². The Hall–Kier alpha value is -2.15. The van der Waals surface area contributed by atoms with E-state index in [4.69, 9.17) is 0 Å². The van der Waals surface area contributed by atoms with Gasteiger partial charge in [0.1, 0.15) is 5.56 Å². The van der Waals surface area contributed by atoms with Crippen molar-refractivity contribution in [3.8, 4) is 0 Å². The Morgan fingerprint density at radius 1 is 1.00 bits per heavy atom. The maximum absolute atomic E-state index is 13.6. The SMILES string of the molecule is CCc1c(C(=O)N2CCCC(C(=O)N(CC)CC)C2)c(=O)cc(C)n1CCN1CCCCC1. The molecule has 0 aliphatic carbocycles. The number of hydrogen-bond acceptors (Lipinski definition) is 4. The molecule has 7 heteroatoms. The highest BCUT2D eigenvalue weighted by Crippen LogP contribution is 2.22. The van der Waals surface area contributed by atoms with Crippen molar-refractivity contribution in [1.29, 1.82) is 0 Å². The first kappa shape index (κ1) is 25.5. The van der Waals surface area contributed by atoms with E-state index in [0.29, 0.717) is 38.2 Å². The quantitative estimate of drug-likeness (QED) is 0.601. The zero-order chi connectivity index (χ0) is 24.0. The molecule has 1 aromatic heterocycles. The fourth-order valence-electron chi connectivity index (χ4n) is 5.48. The molecule has 33 heavy (non-hydrogen) atoms. The van der Waals surface area contributed by atoms with Crippen molar-refractivity contribution >= 4 is 11.8 Å². The molecule has 7 nitrogen and oxygen atoms in total. The fraction of sp³-hybridized carbons (Fsp3) is 0.731. The summed E-state index contributed by atoms with van der Waals surface area (Å²) in [5.41, 5.74) is 1.86. The van der Waals surface area contributed by atoms with Crippen LogP contribution in [0.1, 0.15) is 74.6 Å². The number of carbonyl (C=O) groups is 2. The van der Waals surface area contributed by atoms with Crippen LogP contribution >= 0.6 is 0 Å². The Morgan fingerprint density at radius 2 is 1.70 bits per heavy atom. The van der Waals surface area contributed by atoms with Gasteiger partial charge >= 0.3 is 0 Å². The summed E-state index contributed by atoms with van der Waals surface area (Å²) in [5, 5.41) is 0. The summed E-state index contributed by atoms with van der Waals surface area (Å²) in [6.45, 7) is 14.3. The Bertz CT molecular complexity index is 884. The van der Waals surface area contributed by atoms with Crippen LogP contribution < -0.4 is 5.43 Å². The summed E-state index contributed by atoms with van der Waals surface area (Å²) < 4.78 is 2.17. The van der Waals surface area contributed by atoms with Gasteiger partial charge in [0.15, 0.2) is 5.43 Å². The van der Waals surface area contributed by atoms with Crippen LogP contribution in [0.4, 0.5) is 0 Å². The zero-order valence-corrected chi connectivity index (χ0v) is 21.1. The van der Waals surface area contributed by atoms with E-state index < -0.39 is 0 Å². The number of likely N-dealkylation sites (tertiary alicyclic amines) is 2. The van der Waals surface area contributed by atoms with Gasteiger partial charge in [0.2, 0.25) is 5.91 Å². The van der Waals surface area contributed by atoms with Crippen LogP contribution in [0.15, 0.2) is 10.9 Å².